The highest BCUT2D eigenvalue weighted by Crippen LogP contribution is 2.41. The van der Waals surface area contributed by atoms with Gasteiger partial charge in [-0.1, -0.05) is 12.7 Å². The van der Waals surface area contributed by atoms with Gasteiger partial charge >= 0.3 is 0 Å². The SMILES string of the molecule is C=Cc1cc2c(cc1C(F)F)N(c1nn(C3CCOCC3)c3c1CN(C(C)=O)CC3)CCC2.CO. The molecule has 2 aromatic rings. The Balaban J connectivity index is 0.00000141. The van der Waals surface area contributed by atoms with Crippen molar-refractivity contribution in [3.63, 3.8) is 0 Å². The summed E-state index contributed by atoms with van der Waals surface area (Å²) in [5, 5.41) is 12.1. The van der Waals surface area contributed by atoms with E-state index in [2.05, 4.69) is 16.2 Å². The number of aryl methyl sites for hydroxylation is 1. The number of nitrogens with zero attached hydrogens (tertiary/aromatic N) is 4. The molecular formula is C26H34F2N4O3. The number of hydrogen-bond acceptors (Lipinski definition) is 5. The Morgan fingerprint density at radius 3 is 2.63 bits per heavy atom. The van der Waals surface area contributed by atoms with Crippen molar-refractivity contribution in [1.29, 1.82) is 0 Å². The van der Waals surface area contributed by atoms with E-state index in [9.17, 15) is 13.6 Å². The van der Waals surface area contributed by atoms with Gasteiger partial charge in [-0.15, -0.1) is 0 Å². The van der Waals surface area contributed by atoms with Crippen molar-refractivity contribution in [3.05, 3.63) is 46.7 Å². The van der Waals surface area contributed by atoms with Gasteiger partial charge in [0.25, 0.3) is 6.43 Å². The zero-order valence-electron chi connectivity index (χ0n) is 20.5. The van der Waals surface area contributed by atoms with Crippen LogP contribution in [0.1, 0.15) is 66.6 Å². The van der Waals surface area contributed by atoms with Crippen LogP contribution in [0.4, 0.5) is 20.3 Å². The van der Waals surface area contributed by atoms with Gasteiger partial charge in [-0.2, -0.15) is 5.10 Å². The number of ether oxygens (including phenoxy) is 1. The first-order valence-electron chi connectivity index (χ1n) is 12.2. The summed E-state index contributed by atoms with van der Waals surface area (Å²) in [4.78, 5) is 16.1. The van der Waals surface area contributed by atoms with Gasteiger partial charge in [-0.25, -0.2) is 8.78 Å². The lowest BCUT2D eigenvalue weighted by Gasteiger charge is -2.33. The lowest BCUT2D eigenvalue weighted by Crippen LogP contribution is -2.36. The molecule has 0 unspecified atom stereocenters. The maximum atomic E-state index is 13.8. The lowest BCUT2D eigenvalue weighted by molar-refractivity contribution is -0.129. The van der Waals surface area contributed by atoms with Gasteiger partial charge in [-0.3, -0.25) is 9.48 Å². The minimum Gasteiger partial charge on any atom is -0.400 e. The zero-order valence-corrected chi connectivity index (χ0v) is 20.5. The van der Waals surface area contributed by atoms with Gasteiger partial charge in [0.05, 0.1) is 12.6 Å². The number of alkyl halides is 2. The molecular weight excluding hydrogens is 454 g/mol. The summed E-state index contributed by atoms with van der Waals surface area (Å²) in [6.45, 7) is 8.62. The second-order valence-corrected chi connectivity index (χ2v) is 9.10. The van der Waals surface area contributed by atoms with Gasteiger partial charge in [0.15, 0.2) is 5.82 Å². The first-order valence-corrected chi connectivity index (χ1v) is 12.2. The molecule has 1 fully saturated rings. The van der Waals surface area contributed by atoms with E-state index >= 15 is 0 Å². The molecule has 0 atom stereocenters. The zero-order chi connectivity index (χ0) is 25.1. The van der Waals surface area contributed by atoms with Crippen LogP contribution >= 0.6 is 0 Å². The predicted octanol–water partition coefficient (Wildman–Crippen LogP) is 4.41. The van der Waals surface area contributed by atoms with Crippen molar-refractivity contribution in [3.8, 4) is 0 Å². The van der Waals surface area contributed by atoms with Gasteiger partial charge in [0.2, 0.25) is 5.91 Å². The largest absolute Gasteiger partial charge is 0.400 e. The first kappa shape index (κ1) is 25.3. The Kier molecular flexibility index (Phi) is 7.86. The summed E-state index contributed by atoms with van der Waals surface area (Å²) < 4.78 is 35.4. The van der Waals surface area contributed by atoms with E-state index in [0.29, 0.717) is 38.4 Å². The fourth-order valence-corrected chi connectivity index (χ4v) is 5.40. The molecule has 4 heterocycles. The van der Waals surface area contributed by atoms with E-state index in [-0.39, 0.29) is 17.5 Å². The molecule has 190 valence electrons. The molecule has 3 aliphatic heterocycles. The molecule has 1 saturated heterocycles. The summed E-state index contributed by atoms with van der Waals surface area (Å²) in [5.74, 6) is 0.843. The second kappa shape index (κ2) is 10.9. The molecule has 35 heavy (non-hydrogen) atoms. The number of aliphatic hydroxyl groups excluding tert-OH is 1. The summed E-state index contributed by atoms with van der Waals surface area (Å²) in [6.07, 6.45) is 3.22. The maximum absolute atomic E-state index is 13.8. The molecule has 1 aromatic heterocycles. The molecule has 0 aliphatic carbocycles. The van der Waals surface area contributed by atoms with Gasteiger partial charge in [0, 0.05) is 69.3 Å². The predicted molar refractivity (Wildman–Crippen MR) is 131 cm³/mol. The molecule has 0 radical (unpaired) electrons. The summed E-state index contributed by atoms with van der Waals surface area (Å²) in [5.41, 5.74) is 4.53. The topological polar surface area (TPSA) is 70.8 Å². The van der Waals surface area contributed by atoms with Crippen LogP contribution in [-0.2, 0) is 28.9 Å². The Morgan fingerprint density at radius 2 is 1.97 bits per heavy atom. The van der Waals surface area contributed by atoms with E-state index in [1.165, 1.54) is 11.8 Å². The standard InChI is InChI=1S/C25H30F2N4O2.CH4O/c1-3-17-13-18-5-4-9-30(23(18)14-20(17)24(26)27)25-21-15-29(16(2)32)10-6-22(21)31(28-25)19-7-11-33-12-8-19;1-2/h3,13-14,19,24H,1,4-12,15H2,2H3;2H,1H3. The smallest absolute Gasteiger partial charge is 0.264 e. The fraction of sp³-hybridized carbons (Fsp3) is 0.538. The minimum atomic E-state index is -2.58. The Bertz CT molecular complexity index is 1080. The molecule has 1 amide bonds. The third-order valence-electron chi connectivity index (χ3n) is 7.16. The summed E-state index contributed by atoms with van der Waals surface area (Å²) in [7, 11) is 1.00. The number of anilines is 2. The minimum absolute atomic E-state index is 0.00116. The highest BCUT2D eigenvalue weighted by Gasteiger charge is 2.33. The normalized spacial score (nSPS) is 18.0. The molecule has 7 nitrogen and oxygen atoms in total. The molecule has 0 saturated carbocycles. The molecule has 1 aromatic carbocycles. The average Bonchev–Trinajstić information content (AvgIpc) is 3.27. The summed E-state index contributed by atoms with van der Waals surface area (Å²) >= 11 is 0. The van der Waals surface area contributed by atoms with E-state index in [4.69, 9.17) is 14.9 Å². The highest BCUT2D eigenvalue weighted by molar-refractivity contribution is 5.75. The van der Waals surface area contributed by atoms with Gasteiger partial charge in [0.1, 0.15) is 0 Å². The van der Waals surface area contributed by atoms with E-state index in [0.717, 1.165) is 61.8 Å². The van der Waals surface area contributed by atoms with Crippen LogP contribution in [0.15, 0.2) is 18.7 Å². The monoisotopic (exact) mass is 488 g/mol. The van der Waals surface area contributed by atoms with Crippen LogP contribution in [0.3, 0.4) is 0 Å². The number of halogens is 2. The number of aromatic nitrogens is 2. The van der Waals surface area contributed by atoms with Crippen molar-refractivity contribution in [2.75, 3.05) is 38.3 Å². The number of carbonyl (C=O) groups is 1. The molecule has 9 heteroatoms. The van der Waals surface area contributed by atoms with Crippen LogP contribution in [-0.4, -0.2) is 59.1 Å². The number of benzene rings is 1. The third kappa shape index (κ3) is 4.84. The van der Waals surface area contributed by atoms with Crippen LogP contribution in [0.5, 0.6) is 0 Å². The molecule has 0 bridgehead atoms. The maximum Gasteiger partial charge on any atom is 0.264 e. The van der Waals surface area contributed by atoms with Crippen molar-refractivity contribution >= 4 is 23.5 Å². The van der Waals surface area contributed by atoms with Crippen molar-refractivity contribution in [2.45, 2.75) is 58.0 Å². The van der Waals surface area contributed by atoms with E-state index in [1.54, 1.807) is 13.0 Å². The van der Waals surface area contributed by atoms with E-state index in [1.807, 2.05) is 11.0 Å². The Labute approximate surface area is 205 Å². The molecule has 1 N–H and O–H groups in total. The number of hydrogen-bond donors (Lipinski definition) is 1. The number of aliphatic hydroxyl groups is 1. The number of amides is 1. The first-order chi connectivity index (χ1) is 17.0. The van der Waals surface area contributed by atoms with Crippen molar-refractivity contribution in [1.82, 2.24) is 14.7 Å². The van der Waals surface area contributed by atoms with Crippen molar-refractivity contribution < 1.29 is 23.4 Å². The molecule has 5 rings (SSSR count). The quantitative estimate of drug-likeness (QED) is 0.690. The molecule has 3 aliphatic rings. The van der Waals surface area contributed by atoms with E-state index < -0.39 is 6.43 Å². The van der Waals surface area contributed by atoms with Gasteiger partial charge in [-0.05, 0) is 48.9 Å². The van der Waals surface area contributed by atoms with Gasteiger partial charge < -0.3 is 19.6 Å². The van der Waals surface area contributed by atoms with Crippen LogP contribution in [0, 0.1) is 0 Å². The summed E-state index contributed by atoms with van der Waals surface area (Å²) in [6, 6.07) is 3.72. The average molecular weight is 489 g/mol. The fourth-order valence-electron chi connectivity index (χ4n) is 5.40. The highest BCUT2D eigenvalue weighted by atomic mass is 19.3. The van der Waals surface area contributed by atoms with Crippen molar-refractivity contribution in [2.24, 2.45) is 0 Å². The number of fused-ring (bicyclic) bond motifs is 2. The third-order valence-corrected chi connectivity index (χ3v) is 7.16. The second-order valence-electron chi connectivity index (χ2n) is 9.10. The number of carbonyl (C=O) groups excluding carboxylic acids is 1. The number of rotatable bonds is 4. The van der Waals surface area contributed by atoms with Crippen LogP contribution < -0.4 is 4.90 Å². The Hall–Kier alpha value is -2.78. The lowest BCUT2D eigenvalue weighted by atomic mass is 9.95. The van der Waals surface area contributed by atoms with Crippen LogP contribution in [0.25, 0.3) is 6.08 Å². The van der Waals surface area contributed by atoms with Crippen LogP contribution in [0.2, 0.25) is 0 Å². The Morgan fingerprint density at radius 1 is 1.23 bits per heavy atom. The molecule has 0 spiro atoms.